The molecular weight excluding hydrogens is 124 g/mol. The summed E-state index contributed by atoms with van der Waals surface area (Å²) >= 11 is 0. The van der Waals surface area contributed by atoms with Crippen LogP contribution in [-0.4, -0.2) is 6.29 Å². The van der Waals surface area contributed by atoms with Crippen molar-refractivity contribution in [3.63, 3.8) is 0 Å². The molecule has 0 aromatic carbocycles. The van der Waals surface area contributed by atoms with E-state index >= 15 is 0 Å². The Morgan fingerprint density at radius 3 is 2.70 bits per heavy atom. The van der Waals surface area contributed by atoms with Crippen LogP contribution in [0.5, 0.6) is 0 Å². The molecule has 0 saturated heterocycles. The fourth-order valence-corrected chi connectivity index (χ4v) is 0.761. The largest absolute Gasteiger partial charge is 0.291 e. The SMILES string of the molecule is CCCCC/C=C/C[C]=O. The third kappa shape index (κ3) is 7.41. The van der Waals surface area contributed by atoms with Crippen molar-refractivity contribution in [2.75, 3.05) is 0 Å². The summed E-state index contributed by atoms with van der Waals surface area (Å²) in [5.74, 6) is 0. The quantitative estimate of drug-likeness (QED) is 0.408. The molecule has 57 valence electrons. The molecule has 0 N–H and O–H groups in total. The van der Waals surface area contributed by atoms with Crippen LogP contribution in [-0.2, 0) is 4.79 Å². The number of hydrogen-bond donors (Lipinski definition) is 0. The van der Waals surface area contributed by atoms with E-state index in [9.17, 15) is 4.79 Å². The molecule has 0 fully saturated rings. The molecule has 0 unspecified atom stereocenters. The first kappa shape index (κ1) is 9.41. The highest BCUT2D eigenvalue weighted by molar-refractivity contribution is 5.52. The smallest absolute Gasteiger partial charge is 0.202 e. The predicted molar refractivity (Wildman–Crippen MR) is 43.6 cm³/mol. The van der Waals surface area contributed by atoms with Crippen LogP contribution < -0.4 is 0 Å². The summed E-state index contributed by atoms with van der Waals surface area (Å²) in [5, 5.41) is 0. The van der Waals surface area contributed by atoms with Crippen molar-refractivity contribution >= 4 is 6.29 Å². The predicted octanol–water partition coefficient (Wildman–Crippen LogP) is 2.62. The fourth-order valence-electron chi connectivity index (χ4n) is 0.761. The molecule has 0 bridgehead atoms. The van der Waals surface area contributed by atoms with Gasteiger partial charge in [0.15, 0.2) is 0 Å². The molecule has 0 aliphatic carbocycles. The van der Waals surface area contributed by atoms with E-state index in [0.29, 0.717) is 6.42 Å². The van der Waals surface area contributed by atoms with Gasteiger partial charge in [0, 0.05) is 6.42 Å². The zero-order chi connectivity index (χ0) is 7.66. The molecule has 0 heterocycles. The molecule has 0 rings (SSSR count). The van der Waals surface area contributed by atoms with Gasteiger partial charge in [0.2, 0.25) is 6.29 Å². The minimum atomic E-state index is 0.451. The van der Waals surface area contributed by atoms with Crippen LogP contribution in [0, 0.1) is 0 Å². The minimum absolute atomic E-state index is 0.451. The summed E-state index contributed by atoms with van der Waals surface area (Å²) in [6.07, 6.45) is 11.1. The average Bonchev–Trinajstić information content (AvgIpc) is 1.97. The van der Waals surface area contributed by atoms with E-state index in [1.807, 2.05) is 12.4 Å². The lowest BCUT2D eigenvalue weighted by Gasteiger charge is -1.89. The second-order valence-electron chi connectivity index (χ2n) is 2.32. The summed E-state index contributed by atoms with van der Waals surface area (Å²) in [7, 11) is 0. The molecule has 0 aliphatic rings. The molecule has 0 aliphatic heterocycles. The Kier molecular flexibility index (Phi) is 7.91. The van der Waals surface area contributed by atoms with Crippen molar-refractivity contribution in [1.29, 1.82) is 0 Å². The van der Waals surface area contributed by atoms with E-state index in [2.05, 4.69) is 13.0 Å². The number of rotatable bonds is 6. The Hall–Kier alpha value is -0.590. The monoisotopic (exact) mass is 139 g/mol. The highest BCUT2D eigenvalue weighted by Gasteiger charge is 1.80. The van der Waals surface area contributed by atoms with Gasteiger partial charge in [-0.3, -0.25) is 4.79 Å². The van der Waals surface area contributed by atoms with Crippen LogP contribution in [0.15, 0.2) is 12.2 Å². The Morgan fingerprint density at radius 1 is 1.30 bits per heavy atom. The molecular formula is C9H15O. The molecule has 1 radical (unpaired) electrons. The van der Waals surface area contributed by atoms with Crippen molar-refractivity contribution in [2.24, 2.45) is 0 Å². The van der Waals surface area contributed by atoms with Crippen LogP contribution in [0.25, 0.3) is 0 Å². The Labute approximate surface area is 63.1 Å². The van der Waals surface area contributed by atoms with Gasteiger partial charge in [-0.25, -0.2) is 0 Å². The van der Waals surface area contributed by atoms with Crippen molar-refractivity contribution in [3.05, 3.63) is 12.2 Å². The Morgan fingerprint density at radius 2 is 2.10 bits per heavy atom. The van der Waals surface area contributed by atoms with E-state index in [1.54, 1.807) is 0 Å². The molecule has 0 saturated carbocycles. The Balaban J connectivity index is 2.94. The number of hydrogen-bond acceptors (Lipinski definition) is 1. The summed E-state index contributed by atoms with van der Waals surface area (Å²) in [5.41, 5.74) is 0. The van der Waals surface area contributed by atoms with E-state index in [-0.39, 0.29) is 0 Å². The highest BCUT2D eigenvalue weighted by atomic mass is 16.1. The van der Waals surface area contributed by atoms with Crippen molar-refractivity contribution < 1.29 is 4.79 Å². The van der Waals surface area contributed by atoms with E-state index < -0.39 is 0 Å². The number of carbonyl (C=O) groups excluding carboxylic acids is 1. The van der Waals surface area contributed by atoms with Crippen molar-refractivity contribution in [2.45, 2.75) is 39.0 Å². The number of unbranched alkanes of at least 4 members (excludes halogenated alkanes) is 3. The zero-order valence-corrected chi connectivity index (χ0v) is 6.60. The molecule has 0 aromatic heterocycles. The molecule has 0 spiro atoms. The maximum absolute atomic E-state index is 9.72. The maximum atomic E-state index is 9.72. The lowest BCUT2D eigenvalue weighted by Crippen LogP contribution is -1.71. The zero-order valence-electron chi connectivity index (χ0n) is 6.60. The van der Waals surface area contributed by atoms with Crippen molar-refractivity contribution in [1.82, 2.24) is 0 Å². The second-order valence-corrected chi connectivity index (χ2v) is 2.32. The maximum Gasteiger partial charge on any atom is 0.202 e. The summed E-state index contributed by atoms with van der Waals surface area (Å²) in [6.45, 7) is 2.18. The van der Waals surface area contributed by atoms with Gasteiger partial charge in [-0.05, 0) is 12.8 Å². The van der Waals surface area contributed by atoms with Gasteiger partial charge in [-0.15, -0.1) is 0 Å². The molecule has 1 nitrogen and oxygen atoms in total. The average molecular weight is 139 g/mol. The molecule has 0 aromatic rings. The third-order valence-corrected chi connectivity index (χ3v) is 1.34. The molecule has 10 heavy (non-hydrogen) atoms. The summed E-state index contributed by atoms with van der Waals surface area (Å²) in [6, 6.07) is 0. The van der Waals surface area contributed by atoms with Crippen molar-refractivity contribution in [3.8, 4) is 0 Å². The summed E-state index contributed by atoms with van der Waals surface area (Å²) in [4.78, 5) is 9.72. The standard InChI is InChI=1S/C9H15O/c1-2-3-4-5-6-7-8-9-10/h6-7H,2-5,8H2,1H3/b7-6+. The first-order valence-corrected chi connectivity index (χ1v) is 3.91. The van der Waals surface area contributed by atoms with E-state index in [1.165, 1.54) is 19.3 Å². The molecule has 1 heteroatoms. The second kappa shape index (κ2) is 8.41. The first-order valence-electron chi connectivity index (χ1n) is 3.91. The first-order chi connectivity index (χ1) is 4.91. The van der Waals surface area contributed by atoms with Gasteiger partial charge >= 0.3 is 0 Å². The van der Waals surface area contributed by atoms with E-state index in [0.717, 1.165) is 6.42 Å². The van der Waals surface area contributed by atoms with E-state index in [4.69, 9.17) is 0 Å². The summed E-state index contributed by atoms with van der Waals surface area (Å²) < 4.78 is 0. The number of allylic oxidation sites excluding steroid dienone is 2. The van der Waals surface area contributed by atoms with Crippen LogP contribution in [0.3, 0.4) is 0 Å². The van der Waals surface area contributed by atoms with Gasteiger partial charge in [-0.1, -0.05) is 31.9 Å². The third-order valence-electron chi connectivity index (χ3n) is 1.34. The van der Waals surface area contributed by atoms with Gasteiger partial charge in [-0.2, -0.15) is 0 Å². The lowest BCUT2D eigenvalue weighted by molar-refractivity contribution is 0.556. The van der Waals surface area contributed by atoms with Gasteiger partial charge in [0.1, 0.15) is 0 Å². The molecule has 0 atom stereocenters. The lowest BCUT2D eigenvalue weighted by atomic mass is 10.2. The normalized spacial score (nSPS) is 10.5. The van der Waals surface area contributed by atoms with Crippen LogP contribution >= 0.6 is 0 Å². The Bertz CT molecular complexity index is 94.9. The fraction of sp³-hybridized carbons (Fsp3) is 0.667. The van der Waals surface area contributed by atoms with Crippen LogP contribution in [0.4, 0.5) is 0 Å². The molecule has 0 amide bonds. The van der Waals surface area contributed by atoms with Gasteiger partial charge in [0.25, 0.3) is 0 Å². The van der Waals surface area contributed by atoms with Gasteiger partial charge in [0.05, 0.1) is 0 Å². The van der Waals surface area contributed by atoms with Crippen LogP contribution in [0.1, 0.15) is 39.0 Å². The van der Waals surface area contributed by atoms with Gasteiger partial charge < -0.3 is 0 Å². The minimum Gasteiger partial charge on any atom is -0.291 e. The van der Waals surface area contributed by atoms with Crippen LogP contribution in [0.2, 0.25) is 0 Å². The topological polar surface area (TPSA) is 17.1 Å². The highest BCUT2D eigenvalue weighted by Crippen LogP contribution is 1.99.